The molecule has 4 aromatic rings. The number of aliphatic hydroxyl groups is 2. The number of hydrogen-bond donors (Lipinski definition) is 4. The van der Waals surface area contributed by atoms with Gasteiger partial charge in [0.2, 0.25) is 0 Å². The second-order valence-electron chi connectivity index (χ2n) is 6.56. The standard InChI is InChI=1S/2C12H10N2O.2CH4O.2NO3.Ni/c2*15-12(10-4-2-1-3-5-10)14-11-6-8-13-9-7-11;2*1-2;2*2-1(3)4;/h2*1-9H,(H,13,14,15);2*2H,1H3;;;/q;;;;2*-1;+2. The molecule has 0 aliphatic heterocycles. The predicted octanol–water partition coefficient (Wildman–Crippen LogP) is 3.40. The first kappa shape index (κ1) is 42.0. The van der Waals surface area contributed by atoms with Crippen LogP contribution in [0.2, 0.25) is 0 Å². The van der Waals surface area contributed by atoms with Gasteiger partial charge in [-0.3, -0.25) is 19.6 Å². The number of carbonyl (C=O) groups is 2. The molecule has 0 aliphatic carbocycles. The summed E-state index contributed by atoms with van der Waals surface area (Å²) < 4.78 is 0. The maximum Gasteiger partial charge on any atom is 2.00 e. The molecule has 0 unspecified atom stereocenters. The molecule has 0 aliphatic rings. The molecule has 0 fully saturated rings. The number of pyridine rings is 2. The third-order valence-electron chi connectivity index (χ3n) is 3.95. The summed E-state index contributed by atoms with van der Waals surface area (Å²) in [4.78, 5) is 47.6. The Morgan fingerprint density at radius 1 is 0.558 bits per heavy atom. The van der Waals surface area contributed by atoms with Crippen molar-refractivity contribution in [3.8, 4) is 0 Å². The number of rotatable bonds is 4. The Bertz CT molecular complexity index is 1170. The van der Waals surface area contributed by atoms with E-state index in [4.69, 9.17) is 40.9 Å². The first-order valence-electron chi connectivity index (χ1n) is 11.2. The van der Waals surface area contributed by atoms with E-state index in [0.717, 1.165) is 25.6 Å². The molecule has 0 saturated carbocycles. The molecule has 232 valence electrons. The zero-order valence-corrected chi connectivity index (χ0v) is 23.6. The van der Waals surface area contributed by atoms with E-state index in [0.29, 0.717) is 11.1 Å². The van der Waals surface area contributed by atoms with Gasteiger partial charge < -0.3 is 51.5 Å². The van der Waals surface area contributed by atoms with Gasteiger partial charge in [-0.15, -0.1) is 0 Å². The number of nitrogens with zero attached hydrogens (tertiary/aromatic N) is 4. The van der Waals surface area contributed by atoms with Crippen LogP contribution in [0.3, 0.4) is 0 Å². The van der Waals surface area contributed by atoms with Crippen LogP contribution in [0, 0.1) is 30.6 Å². The van der Waals surface area contributed by atoms with Crippen molar-refractivity contribution in [2.24, 2.45) is 0 Å². The van der Waals surface area contributed by atoms with Crippen LogP contribution in [0.4, 0.5) is 11.4 Å². The van der Waals surface area contributed by atoms with Gasteiger partial charge in [0, 0.05) is 61.5 Å². The minimum Gasteiger partial charge on any atom is -0.400 e. The Morgan fingerprint density at radius 3 is 1.02 bits per heavy atom. The Morgan fingerprint density at radius 2 is 0.791 bits per heavy atom. The van der Waals surface area contributed by atoms with Gasteiger partial charge in [0.25, 0.3) is 11.8 Å². The van der Waals surface area contributed by atoms with E-state index >= 15 is 0 Å². The summed E-state index contributed by atoms with van der Waals surface area (Å²) >= 11 is 0. The molecule has 16 nitrogen and oxygen atoms in total. The fourth-order valence-electron chi connectivity index (χ4n) is 2.46. The minimum atomic E-state index is -1.75. The van der Waals surface area contributed by atoms with Crippen LogP contribution < -0.4 is 10.6 Å². The molecule has 43 heavy (non-hydrogen) atoms. The summed E-state index contributed by atoms with van der Waals surface area (Å²) in [7, 11) is 2.00. The van der Waals surface area contributed by atoms with Crippen LogP contribution in [-0.2, 0) is 16.5 Å². The number of carbonyl (C=O) groups excluding carboxylic acids is 2. The van der Waals surface area contributed by atoms with Gasteiger partial charge >= 0.3 is 16.5 Å². The molecular weight excluding hydrogens is 615 g/mol. The summed E-state index contributed by atoms with van der Waals surface area (Å²) in [5.41, 5.74) is 2.79. The van der Waals surface area contributed by atoms with Crippen LogP contribution in [-0.4, -0.2) is 56.4 Å². The molecular formula is C26H28N6NiO10. The van der Waals surface area contributed by atoms with Gasteiger partial charge in [-0.25, -0.2) is 0 Å². The number of hydrogen-bond acceptors (Lipinski definition) is 12. The number of anilines is 2. The first-order chi connectivity index (χ1) is 20.2. The second-order valence-corrected chi connectivity index (χ2v) is 6.56. The zero-order chi connectivity index (χ0) is 32.2. The second kappa shape index (κ2) is 28.0. The summed E-state index contributed by atoms with van der Waals surface area (Å²) in [5.74, 6) is -0.219. The normalized spacial score (nSPS) is 8.09. The molecule has 4 rings (SSSR count). The molecule has 4 N–H and O–H groups in total. The van der Waals surface area contributed by atoms with Crippen molar-refractivity contribution in [3.63, 3.8) is 0 Å². The molecule has 2 heterocycles. The van der Waals surface area contributed by atoms with E-state index < -0.39 is 10.2 Å². The third-order valence-corrected chi connectivity index (χ3v) is 3.95. The number of aromatic nitrogens is 2. The van der Waals surface area contributed by atoms with E-state index in [1.165, 1.54) is 0 Å². The Labute approximate surface area is 255 Å². The van der Waals surface area contributed by atoms with Crippen molar-refractivity contribution in [1.29, 1.82) is 0 Å². The van der Waals surface area contributed by atoms with Crippen LogP contribution in [0.25, 0.3) is 0 Å². The van der Waals surface area contributed by atoms with E-state index in [1.54, 1.807) is 73.3 Å². The Kier molecular flexibility index (Phi) is 27.4. The molecule has 0 saturated heterocycles. The minimum absolute atomic E-state index is 0. The summed E-state index contributed by atoms with van der Waals surface area (Å²) in [6.07, 6.45) is 6.56. The van der Waals surface area contributed by atoms with Gasteiger partial charge in [-0.1, -0.05) is 36.4 Å². The Balaban J connectivity index is -0.000000538. The fourth-order valence-corrected chi connectivity index (χ4v) is 2.46. The summed E-state index contributed by atoms with van der Waals surface area (Å²) in [6, 6.07) is 25.2. The zero-order valence-electron chi connectivity index (χ0n) is 22.7. The largest absolute Gasteiger partial charge is 2.00 e. The number of nitrogens with one attached hydrogen (secondary N) is 2. The molecule has 0 spiro atoms. The fraction of sp³-hybridized carbons (Fsp3) is 0.0769. The Hall–Kier alpha value is -5.51. The van der Waals surface area contributed by atoms with Gasteiger partial charge in [0.05, 0.1) is 10.2 Å². The third kappa shape index (κ3) is 24.0. The molecule has 2 aromatic heterocycles. The first-order valence-corrected chi connectivity index (χ1v) is 11.2. The van der Waals surface area contributed by atoms with E-state index in [-0.39, 0.29) is 28.3 Å². The van der Waals surface area contributed by atoms with Gasteiger partial charge in [0.1, 0.15) is 0 Å². The summed E-state index contributed by atoms with van der Waals surface area (Å²) in [6.45, 7) is 0. The van der Waals surface area contributed by atoms with Crippen molar-refractivity contribution in [2.75, 3.05) is 24.9 Å². The molecule has 0 atom stereocenters. The van der Waals surface area contributed by atoms with E-state index in [2.05, 4.69) is 20.6 Å². The monoisotopic (exact) mass is 642 g/mol. The van der Waals surface area contributed by atoms with Crippen molar-refractivity contribution >= 4 is 23.2 Å². The molecule has 17 heteroatoms. The van der Waals surface area contributed by atoms with E-state index in [1.807, 2.05) is 36.4 Å². The number of benzene rings is 2. The van der Waals surface area contributed by atoms with Gasteiger partial charge in [0.15, 0.2) is 0 Å². The molecule has 2 amide bonds. The quantitative estimate of drug-likeness (QED) is 0.142. The smallest absolute Gasteiger partial charge is 0.400 e. The maximum atomic E-state index is 11.7. The van der Waals surface area contributed by atoms with Crippen LogP contribution >= 0.6 is 0 Å². The van der Waals surface area contributed by atoms with Crippen molar-refractivity contribution in [2.45, 2.75) is 0 Å². The van der Waals surface area contributed by atoms with E-state index in [9.17, 15) is 9.59 Å². The SMILES string of the molecule is CO.CO.O=C(Nc1ccncc1)c1ccccc1.O=C(Nc1ccncc1)c1ccccc1.O=[N+]([O-])[O-].O=[N+]([O-])[O-].[Ni+2]. The van der Waals surface area contributed by atoms with Gasteiger partial charge in [-0.2, -0.15) is 0 Å². The average molecular weight is 643 g/mol. The van der Waals surface area contributed by atoms with Crippen LogP contribution in [0.1, 0.15) is 20.7 Å². The molecule has 2 aromatic carbocycles. The van der Waals surface area contributed by atoms with Crippen molar-refractivity contribution in [1.82, 2.24) is 9.97 Å². The molecule has 0 radical (unpaired) electrons. The summed E-state index contributed by atoms with van der Waals surface area (Å²) in [5, 5.41) is 49.1. The predicted molar refractivity (Wildman–Crippen MR) is 154 cm³/mol. The van der Waals surface area contributed by atoms with Crippen LogP contribution in [0.15, 0.2) is 110 Å². The molecule has 0 bridgehead atoms. The average Bonchev–Trinajstić information content (AvgIpc) is 3.01. The number of aliphatic hydroxyl groups excluding tert-OH is 2. The number of amides is 2. The topological polar surface area (TPSA) is 257 Å². The maximum absolute atomic E-state index is 11.7. The van der Waals surface area contributed by atoms with Crippen molar-refractivity contribution in [3.05, 3.63) is 151 Å². The van der Waals surface area contributed by atoms with Crippen LogP contribution in [0.5, 0.6) is 0 Å². The van der Waals surface area contributed by atoms with Crippen molar-refractivity contribution < 1.29 is 46.5 Å². The van der Waals surface area contributed by atoms with Gasteiger partial charge in [-0.05, 0) is 48.5 Å².